The molecule has 0 amide bonds. The van der Waals surface area contributed by atoms with Crippen molar-refractivity contribution in [3.63, 3.8) is 0 Å². The molecule has 0 saturated carbocycles. The monoisotopic (exact) mass is 238 g/mol. The molecule has 2 aromatic carbocycles. The predicted octanol–water partition coefficient (Wildman–Crippen LogP) is 3.01. The van der Waals surface area contributed by atoms with Crippen molar-refractivity contribution in [2.75, 3.05) is 0 Å². The summed E-state index contributed by atoms with van der Waals surface area (Å²) >= 11 is 0. The Hall–Kier alpha value is -1.93. The van der Waals surface area contributed by atoms with E-state index in [1.54, 1.807) is 6.07 Å². The summed E-state index contributed by atoms with van der Waals surface area (Å²) < 4.78 is 0. The molecule has 2 atom stereocenters. The van der Waals surface area contributed by atoms with Crippen LogP contribution in [0.1, 0.15) is 39.1 Å². The van der Waals surface area contributed by atoms with Crippen LogP contribution in [0.15, 0.2) is 48.5 Å². The highest BCUT2D eigenvalue weighted by Gasteiger charge is 2.39. The summed E-state index contributed by atoms with van der Waals surface area (Å²) in [6, 6.07) is 15.1. The number of aryl methyl sites for hydroxylation is 1. The van der Waals surface area contributed by atoms with Crippen molar-refractivity contribution in [2.45, 2.75) is 18.9 Å². The Morgan fingerprint density at radius 1 is 0.944 bits per heavy atom. The maximum absolute atomic E-state index is 12.4. The Morgan fingerprint density at radius 2 is 1.56 bits per heavy atom. The van der Waals surface area contributed by atoms with Crippen LogP contribution in [0, 0.1) is 6.92 Å². The van der Waals surface area contributed by atoms with Gasteiger partial charge < -0.3 is 5.11 Å². The maximum atomic E-state index is 12.4. The molecule has 0 fully saturated rings. The molecule has 0 saturated heterocycles. The summed E-state index contributed by atoms with van der Waals surface area (Å²) in [6.07, 6.45) is -0.727. The summed E-state index contributed by atoms with van der Waals surface area (Å²) in [6.45, 7) is 1.97. The van der Waals surface area contributed by atoms with Crippen molar-refractivity contribution in [1.29, 1.82) is 0 Å². The van der Waals surface area contributed by atoms with Gasteiger partial charge in [0.15, 0.2) is 5.78 Å². The smallest absolute Gasteiger partial charge is 0.173 e. The Morgan fingerprint density at radius 3 is 2.22 bits per heavy atom. The van der Waals surface area contributed by atoms with Gasteiger partial charge in [0.25, 0.3) is 0 Å². The van der Waals surface area contributed by atoms with Crippen molar-refractivity contribution < 1.29 is 9.90 Å². The summed E-state index contributed by atoms with van der Waals surface area (Å²) in [4.78, 5) is 12.4. The number of fused-ring (bicyclic) bond motifs is 1. The number of aliphatic hydroxyl groups is 1. The van der Waals surface area contributed by atoms with Gasteiger partial charge in [-0.1, -0.05) is 48.5 Å². The fourth-order valence-electron chi connectivity index (χ4n) is 2.72. The lowest BCUT2D eigenvalue weighted by atomic mass is 9.90. The molecule has 2 heteroatoms. The van der Waals surface area contributed by atoms with E-state index in [4.69, 9.17) is 0 Å². The van der Waals surface area contributed by atoms with Gasteiger partial charge in [-0.05, 0) is 23.6 Å². The highest BCUT2D eigenvalue weighted by Crippen LogP contribution is 2.42. The van der Waals surface area contributed by atoms with Crippen LogP contribution in [0.4, 0.5) is 0 Å². The van der Waals surface area contributed by atoms with Crippen molar-refractivity contribution in [3.8, 4) is 0 Å². The summed E-state index contributed by atoms with van der Waals surface area (Å²) in [5, 5.41) is 10.4. The fourth-order valence-corrected chi connectivity index (χ4v) is 2.72. The number of carbonyl (C=O) groups excluding carboxylic acids is 1. The first-order valence-electron chi connectivity index (χ1n) is 6.07. The van der Waals surface area contributed by atoms with Gasteiger partial charge in [-0.2, -0.15) is 0 Å². The van der Waals surface area contributed by atoms with Gasteiger partial charge in [0.05, 0.1) is 12.0 Å². The van der Waals surface area contributed by atoms with Gasteiger partial charge in [-0.15, -0.1) is 0 Å². The highest BCUT2D eigenvalue weighted by atomic mass is 16.3. The van der Waals surface area contributed by atoms with Gasteiger partial charge in [0.1, 0.15) is 0 Å². The number of benzene rings is 2. The molecule has 90 valence electrons. The fraction of sp³-hybridized carbons (Fsp3) is 0.188. The van der Waals surface area contributed by atoms with Crippen LogP contribution in [-0.4, -0.2) is 10.9 Å². The maximum Gasteiger partial charge on any atom is 0.173 e. The van der Waals surface area contributed by atoms with Crippen molar-refractivity contribution in [3.05, 3.63) is 70.8 Å². The van der Waals surface area contributed by atoms with Gasteiger partial charge in [-0.3, -0.25) is 4.79 Å². The minimum atomic E-state index is -0.727. The third kappa shape index (κ3) is 1.50. The van der Waals surface area contributed by atoms with Crippen molar-refractivity contribution in [2.24, 2.45) is 0 Å². The standard InChI is InChI=1S/C16H14O2/c1-10-6-2-3-7-11(10)14-15(17)12-8-4-5-9-13(12)16(14)18/h2-9,14-15,17H,1H3/t14-,15+/m1/s1. The molecule has 0 unspecified atom stereocenters. The third-order valence-corrected chi connectivity index (χ3v) is 3.67. The van der Waals surface area contributed by atoms with Crippen molar-refractivity contribution >= 4 is 5.78 Å². The van der Waals surface area contributed by atoms with Crippen molar-refractivity contribution in [1.82, 2.24) is 0 Å². The van der Waals surface area contributed by atoms with E-state index in [2.05, 4.69) is 0 Å². The quantitative estimate of drug-likeness (QED) is 0.829. The minimum absolute atomic E-state index is 0.0207. The van der Waals surface area contributed by atoms with Gasteiger partial charge in [-0.25, -0.2) is 0 Å². The number of aliphatic hydroxyl groups excluding tert-OH is 1. The highest BCUT2D eigenvalue weighted by molar-refractivity contribution is 6.06. The Bertz CT molecular complexity index is 616. The number of Topliss-reactive ketones (excluding diaryl/α,β-unsaturated/α-hetero) is 1. The van der Waals surface area contributed by atoms with E-state index in [1.165, 1.54) is 0 Å². The molecule has 1 N–H and O–H groups in total. The zero-order chi connectivity index (χ0) is 12.7. The van der Waals surface area contributed by atoms with E-state index in [9.17, 15) is 9.90 Å². The second kappa shape index (κ2) is 4.07. The molecule has 0 radical (unpaired) electrons. The Kier molecular flexibility index (Phi) is 2.53. The lowest BCUT2D eigenvalue weighted by molar-refractivity contribution is 0.0871. The molecule has 1 aliphatic carbocycles. The molecule has 0 heterocycles. The first kappa shape index (κ1) is 11.2. The first-order chi connectivity index (χ1) is 8.70. The minimum Gasteiger partial charge on any atom is -0.387 e. The predicted molar refractivity (Wildman–Crippen MR) is 69.7 cm³/mol. The molecular formula is C16H14O2. The van der Waals surface area contributed by atoms with E-state index in [1.807, 2.05) is 49.4 Å². The molecule has 3 rings (SSSR count). The van der Waals surface area contributed by atoms with Crippen LogP contribution in [0.2, 0.25) is 0 Å². The number of ketones is 1. The summed E-state index contributed by atoms with van der Waals surface area (Å²) in [5.74, 6) is -0.434. The molecule has 1 aliphatic rings. The molecule has 0 aromatic heterocycles. The number of hydrogen-bond acceptors (Lipinski definition) is 2. The van der Waals surface area contributed by atoms with Gasteiger partial charge >= 0.3 is 0 Å². The average Bonchev–Trinajstić information content (AvgIpc) is 2.64. The first-order valence-corrected chi connectivity index (χ1v) is 6.07. The van der Waals surface area contributed by atoms with Crippen LogP contribution in [0.25, 0.3) is 0 Å². The van der Waals surface area contributed by atoms with Crippen LogP contribution in [0.5, 0.6) is 0 Å². The van der Waals surface area contributed by atoms with Crippen LogP contribution in [0.3, 0.4) is 0 Å². The molecule has 2 aromatic rings. The van der Waals surface area contributed by atoms with E-state index in [0.717, 1.165) is 16.7 Å². The van der Waals surface area contributed by atoms with E-state index in [-0.39, 0.29) is 5.78 Å². The Labute approximate surface area is 106 Å². The normalized spacial score (nSPS) is 22.0. The molecule has 0 aliphatic heterocycles. The Balaban J connectivity index is 2.13. The second-order valence-electron chi connectivity index (χ2n) is 4.73. The summed E-state index contributed by atoms with van der Waals surface area (Å²) in [5.41, 5.74) is 3.36. The zero-order valence-corrected chi connectivity index (χ0v) is 10.1. The average molecular weight is 238 g/mol. The number of carbonyl (C=O) groups is 1. The molecular weight excluding hydrogens is 224 g/mol. The largest absolute Gasteiger partial charge is 0.387 e. The van der Waals surface area contributed by atoms with E-state index in [0.29, 0.717) is 5.56 Å². The third-order valence-electron chi connectivity index (χ3n) is 3.67. The molecule has 0 bridgehead atoms. The lowest BCUT2D eigenvalue weighted by Crippen LogP contribution is -2.12. The van der Waals surface area contributed by atoms with Crippen LogP contribution in [-0.2, 0) is 0 Å². The second-order valence-corrected chi connectivity index (χ2v) is 4.73. The van der Waals surface area contributed by atoms with Crippen LogP contribution < -0.4 is 0 Å². The number of rotatable bonds is 1. The zero-order valence-electron chi connectivity index (χ0n) is 10.1. The number of hydrogen-bond donors (Lipinski definition) is 1. The topological polar surface area (TPSA) is 37.3 Å². The lowest BCUT2D eigenvalue weighted by Gasteiger charge is -2.16. The van der Waals surface area contributed by atoms with Gasteiger partial charge in [0.2, 0.25) is 0 Å². The molecule has 0 spiro atoms. The molecule has 18 heavy (non-hydrogen) atoms. The van der Waals surface area contributed by atoms with Gasteiger partial charge in [0, 0.05) is 5.56 Å². The van der Waals surface area contributed by atoms with E-state index < -0.39 is 12.0 Å². The molecule has 2 nitrogen and oxygen atoms in total. The SMILES string of the molecule is Cc1ccccc1[C@H]1C(=O)c2ccccc2[C@@H]1O. The van der Waals surface area contributed by atoms with E-state index >= 15 is 0 Å². The van der Waals surface area contributed by atoms with Crippen LogP contribution >= 0.6 is 0 Å². The summed E-state index contributed by atoms with van der Waals surface area (Å²) in [7, 11) is 0.